The van der Waals surface area contributed by atoms with Crippen LogP contribution in [-0.4, -0.2) is 24.2 Å². The van der Waals surface area contributed by atoms with Gasteiger partial charge in [0.15, 0.2) is 5.13 Å². The van der Waals surface area contributed by atoms with E-state index < -0.39 is 15.0 Å². The van der Waals surface area contributed by atoms with Crippen molar-refractivity contribution in [2.45, 2.75) is 31.1 Å². The molecule has 1 atom stereocenters. The van der Waals surface area contributed by atoms with E-state index in [2.05, 4.69) is 17.2 Å². The van der Waals surface area contributed by atoms with Crippen LogP contribution in [0.15, 0.2) is 53.4 Å². The number of fused-ring (bicyclic) bond motifs is 1. The van der Waals surface area contributed by atoms with Gasteiger partial charge in [0.1, 0.15) is 10.6 Å². The van der Waals surface area contributed by atoms with Crippen LogP contribution in [0.3, 0.4) is 0 Å². The zero-order valence-electron chi connectivity index (χ0n) is 17.0. The molecule has 1 aromatic heterocycles. The minimum absolute atomic E-state index is 0.0215. The van der Waals surface area contributed by atoms with Crippen LogP contribution in [0.1, 0.15) is 34.3 Å². The number of benzene rings is 2. The van der Waals surface area contributed by atoms with Crippen LogP contribution in [-0.2, 0) is 23.0 Å². The zero-order chi connectivity index (χ0) is 22.9. The first-order chi connectivity index (χ1) is 15.2. The second-order valence-corrected chi connectivity index (χ2v) is 10.1. The average molecular weight is 474 g/mol. The highest BCUT2D eigenvalue weighted by Gasteiger charge is 2.22. The highest BCUT2D eigenvalue weighted by atomic mass is 32.2. The highest BCUT2D eigenvalue weighted by molar-refractivity contribution is 7.87. The van der Waals surface area contributed by atoms with Gasteiger partial charge in [0, 0.05) is 22.6 Å². The lowest BCUT2D eigenvalue weighted by Crippen LogP contribution is -2.13. The van der Waals surface area contributed by atoms with Gasteiger partial charge in [0.2, 0.25) is 0 Å². The second kappa shape index (κ2) is 8.67. The Morgan fingerprint density at radius 1 is 1.25 bits per heavy atom. The number of hydrogen-bond donors (Lipinski definition) is 1. The van der Waals surface area contributed by atoms with E-state index in [0.29, 0.717) is 16.6 Å². The van der Waals surface area contributed by atoms with Crippen molar-refractivity contribution in [1.82, 2.24) is 4.98 Å². The topological polar surface area (TPSA) is 128 Å². The molecule has 2 aromatic carbocycles. The molecule has 1 aliphatic rings. The molecule has 0 saturated carbocycles. The van der Waals surface area contributed by atoms with E-state index in [1.54, 1.807) is 0 Å². The zero-order valence-corrected chi connectivity index (χ0v) is 18.6. The SMILES string of the molecule is CC1CCc2nc(NC(=O)c3ccc(OS(=O)(=O)c4cccc([N+](=O)[O-])c4)cc3)sc2C1. The number of thiazole rings is 1. The van der Waals surface area contributed by atoms with Crippen LogP contribution < -0.4 is 9.50 Å². The Balaban J connectivity index is 1.44. The van der Waals surface area contributed by atoms with Crippen LogP contribution in [0.5, 0.6) is 5.75 Å². The van der Waals surface area contributed by atoms with Crippen molar-refractivity contribution < 1.29 is 22.3 Å². The maximum atomic E-state index is 12.5. The van der Waals surface area contributed by atoms with Gasteiger partial charge >= 0.3 is 10.1 Å². The van der Waals surface area contributed by atoms with Gasteiger partial charge in [0.25, 0.3) is 11.6 Å². The number of amides is 1. The van der Waals surface area contributed by atoms with Crippen molar-refractivity contribution in [2.24, 2.45) is 5.92 Å². The van der Waals surface area contributed by atoms with Crippen LogP contribution in [0.2, 0.25) is 0 Å². The first-order valence-corrected chi connectivity index (χ1v) is 12.0. The standard InChI is InChI=1S/C21H19N3O6S2/c1-13-5-10-18-19(11-13)31-21(22-18)23-20(25)14-6-8-16(9-7-14)30-32(28,29)17-4-2-3-15(12-17)24(26)27/h2-4,6-9,12-13H,5,10-11H2,1H3,(H,22,23,25). The molecule has 0 aliphatic heterocycles. The molecule has 9 nitrogen and oxygen atoms in total. The minimum atomic E-state index is -4.27. The van der Waals surface area contributed by atoms with Gasteiger partial charge in [-0.3, -0.25) is 20.2 Å². The van der Waals surface area contributed by atoms with E-state index in [4.69, 9.17) is 4.18 Å². The van der Waals surface area contributed by atoms with Gasteiger partial charge in [0.05, 0.1) is 10.6 Å². The summed E-state index contributed by atoms with van der Waals surface area (Å²) >= 11 is 1.48. The lowest BCUT2D eigenvalue weighted by Gasteiger charge is -2.15. The molecule has 32 heavy (non-hydrogen) atoms. The third-order valence-electron chi connectivity index (χ3n) is 5.05. The molecule has 166 valence electrons. The van der Waals surface area contributed by atoms with Gasteiger partial charge in [-0.05, 0) is 55.5 Å². The van der Waals surface area contributed by atoms with Gasteiger partial charge in [-0.15, -0.1) is 11.3 Å². The molecular weight excluding hydrogens is 454 g/mol. The Labute approximate surface area is 188 Å². The summed E-state index contributed by atoms with van der Waals surface area (Å²) in [5.74, 6) is 0.223. The number of rotatable bonds is 6. The van der Waals surface area contributed by atoms with Crippen molar-refractivity contribution in [3.05, 3.63) is 74.8 Å². The summed E-state index contributed by atoms with van der Waals surface area (Å²) in [7, 11) is -4.27. The van der Waals surface area contributed by atoms with Gasteiger partial charge in [-0.2, -0.15) is 8.42 Å². The fourth-order valence-electron chi connectivity index (χ4n) is 3.35. The lowest BCUT2D eigenvalue weighted by molar-refractivity contribution is -0.385. The molecule has 0 radical (unpaired) electrons. The summed E-state index contributed by atoms with van der Waals surface area (Å²) in [4.78, 5) is 28.1. The van der Waals surface area contributed by atoms with E-state index >= 15 is 0 Å². The number of non-ortho nitro benzene ring substituents is 1. The number of hydrogen-bond acceptors (Lipinski definition) is 8. The molecular formula is C21H19N3O6S2. The number of nitro groups is 1. The summed E-state index contributed by atoms with van der Waals surface area (Å²) in [5, 5.41) is 14.2. The summed E-state index contributed by atoms with van der Waals surface area (Å²) < 4.78 is 29.9. The molecule has 0 fully saturated rings. The number of nitrogens with zero attached hydrogens (tertiary/aromatic N) is 2. The van der Waals surface area contributed by atoms with Crippen molar-refractivity contribution in [2.75, 3.05) is 5.32 Å². The lowest BCUT2D eigenvalue weighted by atomic mass is 9.93. The molecule has 0 bridgehead atoms. The molecule has 1 unspecified atom stereocenters. The maximum absolute atomic E-state index is 12.5. The Morgan fingerprint density at radius 3 is 2.72 bits per heavy atom. The number of nitro benzene ring substituents is 1. The van der Waals surface area contributed by atoms with Gasteiger partial charge in [-0.1, -0.05) is 13.0 Å². The smallest absolute Gasteiger partial charge is 0.339 e. The second-order valence-electron chi connectivity index (χ2n) is 7.51. The molecule has 1 amide bonds. The summed E-state index contributed by atoms with van der Waals surface area (Å²) in [6, 6.07) is 10.1. The van der Waals surface area contributed by atoms with Crippen LogP contribution in [0.4, 0.5) is 10.8 Å². The first kappa shape index (κ1) is 21.9. The molecule has 1 aliphatic carbocycles. The highest BCUT2D eigenvalue weighted by Crippen LogP contribution is 2.32. The molecule has 1 N–H and O–H groups in total. The Kier molecular flexibility index (Phi) is 5.94. The fourth-order valence-corrected chi connectivity index (χ4v) is 5.49. The van der Waals surface area contributed by atoms with E-state index in [1.165, 1.54) is 58.7 Å². The van der Waals surface area contributed by atoms with Crippen LogP contribution in [0, 0.1) is 16.0 Å². The maximum Gasteiger partial charge on any atom is 0.339 e. The normalized spacial score (nSPS) is 15.6. The van der Waals surface area contributed by atoms with E-state index in [9.17, 15) is 23.3 Å². The molecule has 0 spiro atoms. The molecule has 3 aromatic rings. The monoisotopic (exact) mass is 473 g/mol. The van der Waals surface area contributed by atoms with Crippen molar-refractivity contribution in [1.29, 1.82) is 0 Å². The summed E-state index contributed by atoms with van der Waals surface area (Å²) in [6.07, 6.45) is 2.97. The molecule has 0 saturated heterocycles. The van der Waals surface area contributed by atoms with Crippen LogP contribution in [0.25, 0.3) is 0 Å². The number of anilines is 1. The Hall–Kier alpha value is -3.31. The van der Waals surface area contributed by atoms with Crippen molar-refractivity contribution >= 4 is 38.2 Å². The van der Waals surface area contributed by atoms with E-state index in [0.717, 1.165) is 31.0 Å². The van der Waals surface area contributed by atoms with Gasteiger partial charge in [-0.25, -0.2) is 4.98 Å². The number of carbonyl (C=O) groups is 1. The first-order valence-electron chi connectivity index (χ1n) is 9.80. The quantitative estimate of drug-likeness (QED) is 0.323. The largest absolute Gasteiger partial charge is 0.379 e. The summed E-state index contributed by atoms with van der Waals surface area (Å²) in [6.45, 7) is 2.20. The fraction of sp³-hybridized carbons (Fsp3) is 0.238. The van der Waals surface area contributed by atoms with Crippen molar-refractivity contribution in [3.8, 4) is 5.75 Å². The van der Waals surface area contributed by atoms with E-state index in [1.807, 2.05) is 0 Å². The minimum Gasteiger partial charge on any atom is -0.379 e. The predicted octanol–water partition coefficient (Wildman–Crippen LogP) is 4.20. The number of aromatic nitrogens is 1. The predicted molar refractivity (Wildman–Crippen MR) is 119 cm³/mol. The Bertz CT molecular complexity index is 1290. The van der Waals surface area contributed by atoms with Gasteiger partial charge < -0.3 is 4.18 Å². The van der Waals surface area contributed by atoms with E-state index in [-0.39, 0.29) is 22.2 Å². The molecule has 1 heterocycles. The van der Waals surface area contributed by atoms with Crippen molar-refractivity contribution in [3.63, 3.8) is 0 Å². The molecule has 11 heteroatoms. The Morgan fingerprint density at radius 2 is 2.00 bits per heavy atom. The van der Waals surface area contributed by atoms with Crippen LogP contribution >= 0.6 is 11.3 Å². The third-order valence-corrected chi connectivity index (χ3v) is 7.32. The average Bonchev–Trinajstić information content (AvgIpc) is 3.15. The third kappa shape index (κ3) is 4.78. The number of aryl methyl sites for hydroxylation is 1. The number of carbonyl (C=O) groups excluding carboxylic acids is 1. The number of nitrogens with one attached hydrogen (secondary N) is 1. The summed E-state index contributed by atoms with van der Waals surface area (Å²) in [5.41, 5.74) is 0.991. The molecule has 4 rings (SSSR count).